The third kappa shape index (κ3) is 5.29. The molecule has 2 unspecified atom stereocenters. The van der Waals surface area contributed by atoms with Gasteiger partial charge in [0.1, 0.15) is 12.4 Å². The van der Waals surface area contributed by atoms with Crippen LogP contribution >= 0.6 is 11.6 Å². The number of fused-ring (bicyclic) bond motifs is 1. The van der Waals surface area contributed by atoms with Crippen molar-refractivity contribution in [2.24, 2.45) is 0 Å². The van der Waals surface area contributed by atoms with Crippen molar-refractivity contribution in [1.82, 2.24) is 9.55 Å². The first-order valence-corrected chi connectivity index (χ1v) is 13.0. The predicted molar refractivity (Wildman–Crippen MR) is 149 cm³/mol. The molecule has 1 aromatic heterocycles. The summed E-state index contributed by atoms with van der Waals surface area (Å²) in [4.78, 5) is 34.3. The lowest BCUT2D eigenvalue weighted by atomic mass is 9.89. The zero-order chi connectivity index (χ0) is 26.6. The Labute approximate surface area is 227 Å². The highest BCUT2D eigenvalue weighted by Gasteiger charge is 2.38. The van der Waals surface area contributed by atoms with E-state index in [0.29, 0.717) is 35.9 Å². The van der Waals surface area contributed by atoms with Gasteiger partial charge in [-0.25, -0.2) is 4.98 Å². The molecule has 5 rings (SSSR count). The van der Waals surface area contributed by atoms with Crippen molar-refractivity contribution in [1.29, 1.82) is 0 Å². The van der Waals surface area contributed by atoms with Crippen LogP contribution in [0.15, 0.2) is 91.5 Å². The van der Waals surface area contributed by atoms with Gasteiger partial charge < -0.3 is 19.1 Å². The molecule has 1 aliphatic rings. The molecule has 2 heterocycles. The Bertz CT molecular complexity index is 1400. The molecular weight excluding hydrogens is 500 g/mol. The lowest BCUT2D eigenvalue weighted by molar-refractivity contribution is -0.117. The molecule has 38 heavy (non-hydrogen) atoms. The summed E-state index contributed by atoms with van der Waals surface area (Å²) < 4.78 is 7.77. The Kier molecular flexibility index (Phi) is 7.47. The van der Waals surface area contributed by atoms with Gasteiger partial charge in [0.05, 0.1) is 18.9 Å². The first-order chi connectivity index (χ1) is 18.4. The number of nitrogens with zero attached hydrogens (tertiary/aromatic N) is 4. The maximum absolute atomic E-state index is 13.8. The number of amides is 2. The molecule has 0 fully saturated rings. The van der Waals surface area contributed by atoms with E-state index >= 15 is 0 Å². The number of hydrogen-bond acceptors (Lipinski definition) is 4. The van der Waals surface area contributed by atoms with Crippen molar-refractivity contribution >= 4 is 34.8 Å². The molecule has 7 nitrogen and oxygen atoms in total. The van der Waals surface area contributed by atoms with Gasteiger partial charge in [0.15, 0.2) is 0 Å². The molecule has 0 bridgehead atoms. The number of hydrogen-bond donors (Lipinski definition) is 0. The Balaban J connectivity index is 1.37. The standard InChI is InChI=1S/C30H29ClN4O3/c1-21-19-29(35(22(2)36)25-11-9-24(31)10-12-25)27-5-3-4-6-28(27)34(21)30(37)23-7-13-26(14-8-23)38-18-17-33-16-15-32-20-33/h3-16,20-21,29H,17-19H2,1-2H3. The number of imidazole rings is 1. The Hall–Kier alpha value is -4.10. The summed E-state index contributed by atoms with van der Waals surface area (Å²) in [6.45, 7) is 4.78. The van der Waals surface area contributed by atoms with Crippen molar-refractivity contribution in [2.75, 3.05) is 16.4 Å². The zero-order valence-corrected chi connectivity index (χ0v) is 22.1. The molecule has 2 atom stereocenters. The molecule has 1 aliphatic heterocycles. The predicted octanol–water partition coefficient (Wildman–Crippen LogP) is 6.15. The number of halogens is 1. The fraction of sp³-hybridized carbons (Fsp3) is 0.233. The minimum atomic E-state index is -0.213. The number of ether oxygens (including phenoxy) is 1. The molecule has 3 aromatic carbocycles. The Morgan fingerprint density at radius 2 is 1.79 bits per heavy atom. The third-order valence-electron chi connectivity index (χ3n) is 6.81. The third-order valence-corrected chi connectivity index (χ3v) is 7.07. The molecule has 0 radical (unpaired) electrons. The number of anilines is 2. The summed E-state index contributed by atoms with van der Waals surface area (Å²) in [5.41, 5.74) is 3.09. The van der Waals surface area contributed by atoms with Crippen LogP contribution in [0, 0.1) is 0 Å². The van der Waals surface area contributed by atoms with Crippen molar-refractivity contribution in [3.8, 4) is 5.75 Å². The maximum Gasteiger partial charge on any atom is 0.258 e. The summed E-state index contributed by atoms with van der Waals surface area (Å²) in [6.07, 6.45) is 5.97. The maximum atomic E-state index is 13.8. The van der Waals surface area contributed by atoms with E-state index in [1.165, 1.54) is 0 Å². The molecule has 8 heteroatoms. The van der Waals surface area contributed by atoms with E-state index in [2.05, 4.69) is 4.98 Å². The molecule has 194 valence electrons. The van der Waals surface area contributed by atoms with E-state index in [1.54, 1.807) is 48.6 Å². The fourth-order valence-electron chi connectivity index (χ4n) is 5.04. The number of rotatable bonds is 7. The smallest absolute Gasteiger partial charge is 0.258 e. The van der Waals surface area contributed by atoms with Crippen molar-refractivity contribution in [2.45, 2.75) is 38.9 Å². The first-order valence-electron chi connectivity index (χ1n) is 12.6. The largest absolute Gasteiger partial charge is 0.492 e. The summed E-state index contributed by atoms with van der Waals surface area (Å²) >= 11 is 6.10. The first kappa shape index (κ1) is 25.5. The van der Waals surface area contributed by atoms with Crippen LogP contribution in [0.4, 0.5) is 11.4 Å². The minimum absolute atomic E-state index is 0.0669. The average Bonchev–Trinajstić information content (AvgIpc) is 3.43. The molecule has 0 saturated heterocycles. The SMILES string of the molecule is CC(=O)N(c1ccc(Cl)cc1)C1CC(C)N(C(=O)c2ccc(OCCn3ccnc3)cc2)c2ccccc21. The molecule has 0 aliphatic carbocycles. The molecular formula is C30H29ClN4O3. The van der Waals surface area contributed by atoms with Gasteiger partial charge in [-0.1, -0.05) is 29.8 Å². The number of carbonyl (C=O) groups excluding carboxylic acids is 2. The quantitative estimate of drug-likeness (QED) is 0.288. The summed E-state index contributed by atoms with van der Waals surface area (Å²) in [7, 11) is 0. The van der Waals surface area contributed by atoms with E-state index in [1.807, 2.05) is 71.1 Å². The fourth-order valence-corrected chi connectivity index (χ4v) is 5.17. The van der Waals surface area contributed by atoms with Crippen LogP contribution in [0.25, 0.3) is 0 Å². The van der Waals surface area contributed by atoms with Crippen molar-refractivity contribution in [3.05, 3.63) is 108 Å². The number of carbonyl (C=O) groups is 2. The average molecular weight is 529 g/mol. The summed E-state index contributed by atoms with van der Waals surface area (Å²) in [6, 6.07) is 22.0. The lowest BCUT2D eigenvalue weighted by Crippen LogP contribution is -2.47. The van der Waals surface area contributed by atoms with Crippen molar-refractivity contribution in [3.63, 3.8) is 0 Å². The summed E-state index contributed by atoms with van der Waals surface area (Å²) in [5.74, 6) is 0.547. The second kappa shape index (κ2) is 11.1. The summed E-state index contributed by atoms with van der Waals surface area (Å²) in [5, 5.41) is 0.612. The topological polar surface area (TPSA) is 67.7 Å². The normalized spacial score (nSPS) is 16.6. The number of aromatic nitrogens is 2. The lowest BCUT2D eigenvalue weighted by Gasteiger charge is -2.43. The van der Waals surface area contributed by atoms with Gasteiger partial charge in [0.2, 0.25) is 5.91 Å². The van der Waals surface area contributed by atoms with Gasteiger partial charge in [-0.15, -0.1) is 0 Å². The van der Waals surface area contributed by atoms with Crippen molar-refractivity contribution < 1.29 is 14.3 Å². The van der Waals surface area contributed by atoms with E-state index in [-0.39, 0.29) is 23.9 Å². The van der Waals surface area contributed by atoms with Crippen LogP contribution in [-0.4, -0.2) is 34.0 Å². The van der Waals surface area contributed by atoms with Crippen LogP contribution in [-0.2, 0) is 11.3 Å². The van der Waals surface area contributed by atoms with Gasteiger partial charge >= 0.3 is 0 Å². The van der Waals surface area contributed by atoms with Gasteiger partial charge in [-0.2, -0.15) is 0 Å². The van der Waals surface area contributed by atoms with Crippen LogP contribution in [0.5, 0.6) is 5.75 Å². The van der Waals surface area contributed by atoms with Crippen LogP contribution in [0.1, 0.15) is 42.2 Å². The van der Waals surface area contributed by atoms with Crippen LogP contribution in [0.3, 0.4) is 0 Å². The number of benzene rings is 3. The monoisotopic (exact) mass is 528 g/mol. The molecule has 4 aromatic rings. The molecule has 0 saturated carbocycles. The molecule has 0 spiro atoms. The highest BCUT2D eigenvalue weighted by molar-refractivity contribution is 6.30. The van der Waals surface area contributed by atoms with Gasteiger partial charge in [-0.3, -0.25) is 9.59 Å². The number of para-hydroxylation sites is 1. The highest BCUT2D eigenvalue weighted by atomic mass is 35.5. The van der Waals surface area contributed by atoms with Crippen LogP contribution in [0.2, 0.25) is 5.02 Å². The van der Waals surface area contributed by atoms with Crippen LogP contribution < -0.4 is 14.5 Å². The van der Waals surface area contributed by atoms with E-state index in [9.17, 15) is 9.59 Å². The van der Waals surface area contributed by atoms with Gasteiger partial charge in [0, 0.05) is 47.3 Å². The van der Waals surface area contributed by atoms with Gasteiger partial charge in [0.25, 0.3) is 5.91 Å². The van der Waals surface area contributed by atoms with E-state index in [0.717, 1.165) is 16.9 Å². The second-order valence-corrected chi connectivity index (χ2v) is 9.81. The second-order valence-electron chi connectivity index (χ2n) is 9.37. The molecule has 2 amide bonds. The van der Waals surface area contributed by atoms with E-state index < -0.39 is 0 Å². The van der Waals surface area contributed by atoms with Gasteiger partial charge in [-0.05, 0) is 73.5 Å². The Morgan fingerprint density at radius 3 is 2.47 bits per heavy atom. The highest BCUT2D eigenvalue weighted by Crippen LogP contribution is 2.43. The minimum Gasteiger partial charge on any atom is -0.492 e. The zero-order valence-electron chi connectivity index (χ0n) is 21.3. The molecule has 0 N–H and O–H groups in total. The van der Waals surface area contributed by atoms with E-state index in [4.69, 9.17) is 16.3 Å². The Morgan fingerprint density at radius 1 is 1.05 bits per heavy atom.